The van der Waals surface area contributed by atoms with E-state index >= 15 is 0 Å². The zero-order valence-electron chi connectivity index (χ0n) is 10.9. The molecule has 1 fully saturated rings. The van der Waals surface area contributed by atoms with Crippen LogP contribution in [-0.4, -0.2) is 34.5 Å². The number of nitrogens with one attached hydrogen (secondary N) is 2. The van der Waals surface area contributed by atoms with Crippen molar-refractivity contribution in [2.45, 2.75) is 38.8 Å². The van der Waals surface area contributed by atoms with Crippen molar-refractivity contribution in [1.29, 1.82) is 0 Å². The lowest BCUT2D eigenvalue weighted by Gasteiger charge is -2.00. The second kappa shape index (κ2) is 6.49. The minimum atomic E-state index is 0.0708. The van der Waals surface area contributed by atoms with Crippen LogP contribution < -0.4 is 10.6 Å². The Morgan fingerprint density at radius 1 is 1.56 bits per heavy atom. The molecule has 0 spiro atoms. The highest BCUT2D eigenvalue weighted by Crippen LogP contribution is 2.27. The van der Waals surface area contributed by atoms with E-state index in [-0.39, 0.29) is 5.91 Å². The van der Waals surface area contributed by atoms with Crippen molar-refractivity contribution in [1.82, 2.24) is 25.6 Å². The van der Waals surface area contributed by atoms with Gasteiger partial charge in [0, 0.05) is 32.8 Å². The molecule has 1 amide bonds. The molecule has 2 rings (SSSR count). The van der Waals surface area contributed by atoms with E-state index in [2.05, 4.69) is 20.9 Å². The van der Waals surface area contributed by atoms with Crippen LogP contribution in [0.3, 0.4) is 0 Å². The zero-order chi connectivity index (χ0) is 12.8. The van der Waals surface area contributed by atoms with Gasteiger partial charge in [-0.25, -0.2) is 0 Å². The van der Waals surface area contributed by atoms with E-state index in [0.717, 1.165) is 37.7 Å². The Labute approximate surface area is 107 Å². The van der Waals surface area contributed by atoms with Crippen LogP contribution in [0, 0.1) is 5.92 Å². The maximum atomic E-state index is 11.1. The third kappa shape index (κ3) is 4.44. The molecule has 2 N–H and O–H groups in total. The summed E-state index contributed by atoms with van der Waals surface area (Å²) in [6, 6.07) is 0. The molecule has 1 saturated carbocycles. The highest BCUT2D eigenvalue weighted by Gasteiger charge is 2.20. The molecule has 0 unspecified atom stereocenters. The van der Waals surface area contributed by atoms with Crippen LogP contribution >= 0.6 is 0 Å². The molecule has 0 atom stereocenters. The molecule has 6 nitrogen and oxygen atoms in total. The van der Waals surface area contributed by atoms with Gasteiger partial charge in [0.2, 0.25) is 5.91 Å². The molecule has 0 aromatic carbocycles. The normalized spacial score (nSPS) is 14.7. The summed E-state index contributed by atoms with van der Waals surface area (Å²) in [6.45, 7) is 2.61. The summed E-state index contributed by atoms with van der Waals surface area (Å²) in [4.78, 5) is 11.1. The molecular weight excluding hydrogens is 230 g/mol. The van der Waals surface area contributed by atoms with Gasteiger partial charge in [0.05, 0.1) is 5.69 Å². The summed E-state index contributed by atoms with van der Waals surface area (Å²) in [7, 11) is 1.65. The van der Waals surface area contributed by atoms with Crippen molar-refractivity contribution in [3.05, 3.63) is 11.9 Å². The third-order valence-corrected chi connectivity index (χ3v) is 3.09. The molecule has 0 bridgehead atoms. The largest absolute Gasteiger partial charge is 0.359 e. The Kier molecular flexibility index (Phi) is 4.69. The number of carbonyl (C=O) groups excluding carboxylic acids is 1. The van der Waals surface area contributed by atoms with Crippen molar-refractivity contribution in [3.8, 4) is 0 Å². The number of aromatic nitrogens is 3. The summed E-state index contributed by atoms with van der Waals surface area (Å²) in [5, 5.41) is 14.1. The topological polar surface area (TPSA) is 71.8 Å². The van der Waals surface area contributed by atoms with Crippen molar-refractivity contribution in [3.63, 3.8) is 0 Å². The van der Waals surface area contributed by atoms with E-state index in [1.165, 1.54) is 12.8 Å². The number of amides is 1. The fraction of sp³-hybridized carbons (Fsp3) is 0.750. The lowest BCUT2D eigenvalue weighted by Crippen LogP contribution is -2.17. The fourth-order valence-electron chi connectivity index (χ4n) is 1.78. The van der Waals surface area contributed by atoms with Crippen LogP contribution in [0.2, 0.25) is 0 Å². The number of aryl methyl sites for hydroxylation is 1. The minimum absolute atomic E-state index is 0.0708. The first-order valence-electron chi connectivity index (χ1n) is 6.58. The van der Waals surface area contributed by atoms with E-state index in [1.807, 2.05) is 6.20 Å². The van der Waals surface area contributed by atoms with E-state index in [9.17, 15) is 4.79 Å². The molecule has 0 saturated heterocycles. The number of rotatable bonds is 8. The van der Waals surface area contributed by atoms with E-state index in [4.69, 9.17) is 0 Å². The van der Waals surface area contributed by atoms with Crippen LogP contribution in [0.15, 0.2) is 6.20 Å². The van der Waals surface area contributed by atoms with Gasteiger partial charge in [-0.05, 0) is 31.7 Å². The lowest BCUT2D eigenvalue weighted by atomic mass is 10.3. The molecule has 1 aromatic heterocycles. The van der Waals surface area contributed by atoms with Gasteiger partial charge in [-0.15, -0.1) is 5.10 Å². The first kappa shape index (κ1) is 13.0. The minimum Gasteiger partial charge on any atom is -0.359 e. The van der Waals surface area contributed by atoms with Gasteiger partial charge in [-0.3, -0.25) is 9.48 Å². The number of carbonyl (C=O) groups is 1. The number of hydrogen-bond donors (Lipinski definition) is 2. The second-order valence-corrected chi connectivity index (χ2v) is 4.82. The Morgan fingerprint density at radius 3 is 3.11 bits per heavy atom. The molecule has 0 radical (unpaired) electrons. The standard InChI is InChI=1S/C12H21N5O/c1-13-12(18)3-2-6-17-9-11(15-16-17)8-14-7-10-4-5-10/h9-10,14H,2-8H2,1H3,(H,13,18). The molecule has 6 heteroatoms. The Morgan fingerprint density at radius 2 is 2.39 bits per heavy atom. The van der Waals surface area contributed by atoms with Crippen molar-refractivity contribution in [2.75, 3.05) is 13.6 Å². The summed E-state index contributed by atoms with van der Waals surface area (Å²) >= 11 is 0. The molecule has 1 aromatic rings. The van der Waals surface area contributed by atoms with Gasteiger partial charge >= 0.3 is 0 Å². The third-order valence-electron chi connectivity index (χ3n) is 3.09. The summed E-state index contributed by atoms with van der Waals surface area (Å²) in [5.41, 5.74) is 0.968. The Bertz CT molecular complexity index is 386. The summed E-state index contributed by atoms with van der Waals surface area (Å²) in [6.07, 6.45) is 5.99. The highest BCUT2D eigenvalue weighted by molar-refractivity contribution is 5.75. The average Bonchev–Trinajstić information content (AvgIpc) is 3.09. The fourth-order valence-corrected chi connectivity index (χ4v) is 1.78. The lowest BCUT2D eigenvalue weighted by molar-refractivity contribution is -0.120. The van der Waals surface area contributed by atoms with Gasteiger partial charge in [0.15, 0.2) is 0 Å². The average molecular weight is 251 g/mol. The molecule has 18 heavy (non-hydrogen) atoms. The van der Waals surface area contributed by atoms with E-state index < -0.39 is 0 Å². The van der Waals surface area contributed by atoms with Crippen molar-refractivity contribution in [2.24, 2.45) is 5.92 Å². The monoisotopic (exact) mass is 251 g/mol. The van der Waals surface area contributed by atoms with E-state index in [0.29, 0.717) is 6.42 Å². The summed E-state index contributed by atoms with van der Waals surface area (Å²) < 4.78 is 1.80. The molecule has 0 aliphatic heterocycles. The van der Waals surface area contributed by atoms with E-state index in [1.54, 1.807) is 11.7 Å². The molecule has 1 aliphatic rings. The number of hydrogen-bond acceptors (Lipinski definition) is 4. The zero-order valence-corrected chi connectivity index (χ0v) is 10.9. The Balaban J connectivity index is 1.63. The predicted octanol–water partition coefficient (Wildman–Crippen LogP) is 0.304. The SMILES string of the molecule is CNC(=O)CCCn1cc(CNCC2CC2)nn1. The van der Waals surface area contributed by atoms with Crippen LogP contribution in [0.5, 0.6) is 0 Å². The van der Waals surface area contributed by atoms with Crippen LogP contribution in [0.25, 0.3) is 0 Å². The first-order valence-corrected chi connectivity index (χ1v) is 6.58. The van der Waals surface area contributed by atoms with Crippen LogP contribution in [0.4, 0.5) is 0 Å². The van der Waals surface area contributed by atoms with Crippen LogP contribution in [-0.2, 0) is 17.9 Å². The predicted molar refractivity (Wildman–Crippen MR) is 67.8 cm³/mol. The van der Waals surface area contributed by atoms with Crippen LogP contribution in [0.1, 0.15) is 31.4 Å². The Hall–Kier alpha value is -1.43. The molecule has 100 valence electrons. The quantitative estimate of drug-likeness (QED) is 0.697. The molecular formula is C12H21N5O. The smallest absolute Gasteiger partial charge is 0.219 e. The maximum Gasteiger partial charge on any atom is 0.219 e. The van der Waals surface area contributed by atoms with Crippen molar-refractivity contribution >= 4 is 5.91 Å². The summed E-state index contributed by atoms with van der Waals surface area (Å²) in [5.74, 6) is 0.953. The first-order chi connectivity index (χ1) is 8.78. The highest BCUT2D eigenvalue weighted by atomic mass is 16.1. The second-order valence-electron chi connectivity index (χ2n) is 4.82. The van der Waals surface area contributed by atoms with Gasteiger partial charge < -0.3 is 10.6 Å². The maximum absolute atomic E-state index is 11.1. The number of nitrogens with zero attached hydrogens (tertiary/aromatic N) is 3. The van der Waals surface area contributed by atoms with Crippen molar-refractivity contribution < 1.29 is 4.79 Å². The van der Waals surface area contributed by atoms with Gasteiger partial charge in [0.25, 0.3) is 0 Å². The van der Waals surface area contributed by atoms with Gasteiger partial charge in [-0.2, -0.15) is 0 Å². The molecule has 1 heterocycles. The van der Waals surface area contributed by atoms with Gasteiger partial charge in [0.1, 0.15) is 0 Å². The molecule has 1 aliphatic carbocycles. The van der Waals surface area contributed by atoms with Gasteiger partial charge in [-0.1, -0.05) is 5.21 Å².